The number of aromatic nitrogens is 1. The van der Waals surface area contributed by atoms with Crippen LogP contribution in [0.4, 0.5) is 10.8 Å². The lowest BCUT2D eigenvalue weighted by atomic mass is 10.1. The Hall–Kier alpha value is -2.64. The van der Waals surface area contributed by atoms with Crippen molar-refractivity contribution in [3.63, 3.8) is 0 Å². The zero-order valence-electron chi connectivity index (χ0n) is 16.5. The summed E-state index contributed by atoms with van der Waals surface area (Å²) in [6.45, 7) is 5.63. The Kier molecular flexibility index (Phi) is 6.71. The molecule has 1 heterocycles. The predicted octanol–water partition coefficient (Wildman–Crippen LogP) is 5.32. The molecule has 1 aromatic heterocycles. The molecule has 0 aliphatic carbocycles. The smallest absolute Gasteiger partial charge is 0.262 e. The summed E-state index contributed by atoms with van der Waals surface area (Å²) in [4.78, 5) is 28.4. The van der Waals surface area contributed by atoms with Gasteiger partial charge in [0.2, 0.25) is 5.91 Å². The average Bonchev–Trinajstić information content (AvgIpc) is 3.05. The number of hydrogen-bond donors (Lipinski definition) is 2. The van der Waals surface area contributed by atoms with Crippen molar-refractivity contribution in [3.8, 4) is 5.75 Å². The van der Waals surface area contributed by atoms with Crippen molar-refractivity contribution in [1.29, 1.82) is 0 Å². The van der Waals surface area contributed by atoms with Crippen molar-refractivity contribution in [3.05, 3.63) is 46.5 Å². The van der Waals surface area contributed by atoms with E-state index in [-0.39, 0.29) is 18.4 Å². The molecule has 0 bridgehead atoms. The Labute approximate surface area is 178 Å². The largest absolute Gasteiger partial charge is 0.484 e. The van der Waals surface area contributed by atoms with Crippen molar-refractivity contribution >= 4 is 55.8 Å². The van der Waals surface area contributed by atoms with Crippen LogP contribution >= 0.6 is 22.9 Å². The molecule has 8 heteroatoms. The van der Waals surface area contributed by atoms with Gasteiger partial charge in [-0.05, 0) is 61.7 Å². The van der Waals surface area contributed by atoms with E-state index in [0.29, 0.717) is 28.0 Å². The van der Waals surface area contributed by atoms with Gasteiger partial charge in [0.05, 0.1) is 10.2 Å². The number of anilines is 2. The normalized spacial score (nSPS) is 10.8. The Morgan fingerprint density at radius 2 is 1.83 bits per heavy atom. The molecule has 3 aromatic rings. The summed E-state index contributed by atoms with van der Waals surface area (Å²) >= 11 is 7.52. The summed E-state index contributed by atoms with van der Waals surface area (Å²) in [6, 6.07) is 9.02. The molecule has 0 fully saturated rings. The number of rotatable bonds is 7. The number of fused-ring (bicyclic) bond motifs is 1. The minimum Gasteiger partial charge on any atom is -0.484 e. The topological polar surface area (TPSA) is 80.3 Å². The molecule has 2 aromatic carbocycles. The van der Waals surface area contributed by atoms with Gasteiger partial charge < -0.3 is 15.4 Å². The number of ether oxygens (including phenoxy) is 1. The summed E-state index contributed by atoms with van der Waals surface area (Å²) in [7, 11) is 0. The first-order valence-corrected chi connectivity index (χ1v) is 10.4. The van der Waals surface area contributed by atoms with E-state index >= 15 is 0 Å². The Bertz CT molecular complexity index is 1040. The fraction of sp³-hybridized carbons (Fsp3) is 0.286. The first kappa shape index (κ1) is 21.1. The third-order valence-corrected chi connectivity index (χ3v) is 5.71. The molecule has 0 spiro atoms. The van der Waals surface area contributed by atoms with Crippen LogP contribution in [0.3, 0.4) is 0 Å². The molecule has 2 N–H and O–H groups in total. The lowest BCUT2D eigenvalue weighted by molar-refractivity contribution is -0.118. The van der Waals surface area contributed by atoms with E-state index in [4.69, 9.17) is 16.3 Å². The van der Waals surface area contributed by atoms with Crippen LogP contribution in [-0.2, 0) is 9.59 Å². The lowest BCUT2D eigenvalue weighted by Gasteiger charge is -2.10. The van der Waals surface area contributed by atoms with Crippen molar-refractivity contribution in [1.82, 2.24) is 4.98 Å². The van der Waals surface area contributed by atoms with Gasteiger partial charge in [-0.2, -0.15) is 0 Å². The summed E-state index contributed by atoms with van der Waals surface area (Å²) < 4.78 is 6.46. The van der Waals surface area contributed by atoms with Gasteiger partial charge in [-0.25, -0.2) is 4.98 Å². The molecule has 0 unspecified atom stereocenters. The second-order valence-corrected chi connectivity index (χ2v) is 8.12. The predicted molar refractivity (Wildman–Crippen MR) is 118 cm³/mol. The summed E-state index contributed by atoms with van der Waals surface area (Å²) in [5.74, 6) is 0.283. The number of aryl methyl sites for hydroxylation is 2. The van der Waals surface area contributed by atoms with Crippen LogP contribution in [0.1, 0.15) is 30.9 Å². The number of hydrogen-bond acceptors (Lipinski definition) is 5. The number of carbonyl (C=O) groups excluding carboxylic acids is 2. The number of thiazole rings is 1. The van der Waals surface area contributed by atoms with E-state index in [2.05, 4.69) is 15.6 Å². The first-order valence-electron chi connectivity index (χ1n) is 9.25. The Morgan fingerprint density at radius 3 is 2.52 bits per heavy atom. The molecule has 29 heavy (non-hydrogen) atoms. The van der Waals surface area contributed by atoms with Crippen LogP contribution < -0.4 is 15.4 Å². The van der Waals surface area contributed by atoms with Crippen LogP contribution in [0.25, 0.3) is 10.2 Å². The van der Waals surface area contributed by atoms with Crippen molar-refractivity contribution in [2.24, 2.45) is 0 Å². The van der Waals surface area contributed by atoms with Crippen LogP contribution in [0, 0.1) is 13.8 Å². The summed E-state index contributed by atoms with van der Waals surface area (Å²) in [5, 5.41) is 6.87. The van der Waals surface area contributed by atoms with E-state index in [9.17, 15) is 9.59 Å². The lowest BCUT2D eigenvalue weighted by Crippen LogP contribution is -2.20. The van der Waals surface area contributed by atoms with E-state index in [1.54, 1.807) is 18.2 Å². The van der Waals surface area contributed by atoms with Gasteiger partial charge in [0.25, 0.3) is 5.91 Å². The highest BCUT2D eigenvalue weighted by Crippen LogP contribution is 2.29. The second-order valence-electron chi connectivity index (χ2n) is 6.71. The molecular formula is C21H22ClN3O3S. The maximum atomic E-state index is 12.2. The van der Waals surface area contributed by atoms with Crippen LogP contribution in [0.15, 0.2) is 30.3 Å². The SMILES string of the molecule is CCCC(=O)Nc1nc2ccc(NC(=O)COc3cc(C)c(Cl)c(C)c3)cc2s1. The number of carbonyl (C=O) groups is 2. The minimum absolute atomic E-state index is 0.0510. The fourth-order valence-corrected chi connectivity index (χ4v) is 3.83. The summed E-state index contributed by atoms with van der Waals surface area (Å²) in [5.41, 5.74) is 3.21. The Balaban J connectivity index is 1.62. The molecule has 0 saturated heterocycles. The van der Waals surface area contributed by atoms with Gasteiger partial charge >= 0.3 is 0 Å². The van der Waals surface area contributed by atoms with E-state index in [0.717, 1.165) is 27.8 Å². The molecule has 0 atom stereocenters. The van der Waals surface area contributed by atoms with Crippen molar-refractivity contribution in [2.45, 2.75) is 33.6 Å². The van der Waals surface area contributed by atoms with Crippen LogP contribution in [-0.4, -0.2) is 23.4 Å². The number of nitrogens with zero attached hydrogens (tertiary/aromatic N) is 1. The maximum absolute atomic E-state index is 12.2. The molecule has 0 aliphatic heterocycles. The Morgan fingerprint density at radius 1 is 1.10 bits per heavy atom. The number of halogens is 1. The van der Waals surface area contributed by atoms with Gasteiger partial charge in [0, 0.05) is 17.1 Å². The zero-order chi connectivity index (χ0) is 21.0. The number of benzene rings is 2. The van der Waals surface area contributed by atoms with Gasteiger partial charge in [-0.3, -0.25) is 9.59 Å². The molecule has 3 rings (SSSR count). The van der Waals surface area contributed by atoms with Gasteiger partial charge in [0.15, 0.2) is 11.7 Å². The monoisotopic (exact) mass is 431 g/mol. The highest BCUT2D eigenvalue weighted by Gasteiger charge is 2.10. The van der Waals surface area contributed by atoms with E-state index in [1.165, 1.54) is 11.3 Å². The zero-order valence-corrected chi connectivity index (χ0v) is 18.0. The molecule has 0 radical (unpaired) electrons. The summed E-state index contributed by atoms with van der Waals surface area (Å²) in [6.07, 6.45) is 1.24. The highest BCUT2D eigenvalue weighted by atomic mass is 35.5. The number of amides is 2. The number of nitrogens with one attached hydrogen (secondary N) is 2. The van der Waals surface area contributed by atoms with Crippen molar-refractivity contribution < 1.29 is 14.3 Å². The van der Waals surface area contributed by atoms with Crippen molar-refractivity contribution in [2.75, 3.05) is 17.2 Å². The molecule has 152 valence electrons. The maximum Gasteiger partial charge on any atom is 0.262 e. The van der Waals surface area contributed by atoms with E-state index in [1.807, 2.05) is 32.9 Å². The van der Waals surface area contributed by atoms with Crippen LogP contribution in [0.5, 0.6) is 5.75 Å². The van der Waals surface area contributed by atoms with E-state index < -0.39 is 0 Å². The minimum atomic E-state index is -0.268. The molecule has 0 saturated carbocycles. The molecule has 0 aliphatic rings. The average molecular weight is 432 g/mol. The molecule has 6 nitrogen and oxygen atoms in total. The third kappa shape index (κ3) is 5.46. The first-order chi connectivity index (χ1) is 13.9. The van der Waals surface area contributed by atoms with Gasteiger partial charge in [0.1, 0.15) is 5.75 Å². The fourth-order valence-electron chi connectivity index (χ4n) is 2.80. The molecule has 2 amide bonds. The third-order valence-electron chi connectivity index (χ3n) is 4.18. The van der Waals surface area contributed by atoms with Crippen LogP contribution in [0.2, 0.25) is 5.02 Å². The highest BCUT2D eigenvalue weighted by molar-refractivity contribution is 7.22. The second kappa shape index (κ2) is 9.24. The molecular weight excluding hydrogens is 410 g/mol. The van der Waals surface area contributed by atoms with Gasteiger partial charge in [-0.15, -0.1) is 0 Å². The standard InChI is InChI=1S/C21H22ClN3O3S/c1-4-5-18(26)25-21-24-16-7-6-14(10-17(16)29-21)23-19(27)11-28-15-8-12(2)20(22)13(3)9-15/h6-10H,4-5,11H2,1-3H3,(H,23,27)(H,24,25,26). The van der Waals surface area contributed by atoms with Gasteiger partial charge in [-0.1, -0.05) is 29.9 Å². The quantitative estimate of drug-likeness (QED) is 0.530.